The van der Waals surface area contributed by atoms with Crippen molar-refractivity contribution >= 4 is 29.0 Å². The van der Waals surface area contributed by atoms with Gasteiger partial charge in [0.2, 0.25) is 5.91 Å². The third-order valence-corrected chi connectivity index (χ3v) is 2.93. The van der Waals surface area contributed by atoms with Crippen LogP contribution in [-0.4, -0.2) is 22.2 Å². The van der Waals surface area contributed by atoms with E-state index in [1.165, 1.54) is 18.2 Å². The Balaban J connectivity index is 1.92. The Morgan fingerprint density at radius 3 is 2.80 bits per heavy atom. The number of hydrogen-bond donors (Lipinski definition) is 2. The zero-order chi connectivity index (χ0) is 14.7. The molecule has 1 aromatic carbocycles. The van der Waals surface area contributed by atoms with Gasteiger partial charge in [0.1, 0.15) is 11.6 Å². The molecule has 0 unspecified atom stereocenters. The zero-order valence-electron chi connectivity index (χ0n) is 11.1. The first-order chi connectivity index (χ1) is 9.45. The number of halogens is 2. The maximum Gasteiger partial charge on any atom is 0.244 e. The molecule has 5 nitrogen and oxygen atoms in total. The number of aromatic nitrogens is 2. The van der Waals surface area contributed by atoms with Crippen LogP contribution >= 0.6 is 11.6 Å². The maximum absolute atomic E-state index is 13.0. The smallest absolute Gasteiger partial charge is 0.244 e. The van der Waals surface area contributed by atoms with Crippen LogP contribution in [0.1, 0.15) is 5.69 Å². The van der Waals surface area contributed by atoms with Gasteiger partial charge in [-0.25, -0.2) is 4.39 Å². The second-order valence-electron chi connectivity index (χ2n) is 4.33. The van der Waals surface area contributed by atoms with Crippen LogP contribution in [0.25, 0.3) is 0 Å². The Hall–Kier alpha value is -2.08. The molecule has 0 saturated heterocycles. The van der Waals surface area contributed by atoms with E-state index in [-0.39, 0.29) is 17.5 Å². The Morgan fingerprint density at radius 2 is 2.20 bits per heavy atom. The lowest BCUT2D eigenvalue weighted by atomic mass is 10.3. The van der Waals surface area contributed by atoms with Gasteiger partial charge in [0.25, 0.3) is 0 Å². The van der Waals surface area contributed by atoms with E-state index in [1.807, 2.05) is 6.92 Å². The maximum atomic E-state index is 13.0. The quantitative estimate of drug-likeness (QED) is 0.911. The molecule has 0 fully saturated rings. The van der Waals surface area contributed by atoms with Gasteiger partial charge in [-0.15, -0.1) is 0 Å². The summed E-state index contributed by atoms with van der Waals surface area (Å²) in [7, 11) is 1.75. The van der Waals surface area contributed by atoms with Crippen LogP contribution in [0.4, 0.5) is 15.9 Å². The number of aryl methyl sites for hydroxylation is 2. The third kappa shape index (κ3) is 3.48. The van der Waals surface area contributed by atoms with Gasteiger partial charge in [-0.05, 0) is 25.1 Å². The van der Waals surface area contributed by atoms with E-state index >= 15 is 0 Å². The summed E-state index contributed by atoms with van der Waals surface area (Å²) in [6.45, 7) is 1.89. The molecule has 0 aliphatic carbocycles. The van der Waals surface area contributed by atoms with Crippen molar-refractivity contribution in [2.24, 2.45) is 7.05 Å². The van der Waals surface area contributed by atoms with Crippen molar-refractivity contribution in [3.63, 3.8) is 0 Å². The van der Waals surface area contributed by atoms with E-state index in [2.05, 4.69) is 15.7 Å². The standard InChI is InChI=1S/C13H14ClFN4O/c1-8-5-12(19(2)18-8)17-13(20)7-16-9-3-4-11(15)10(14)6-9/h3-6,16H,7H2,1-2H3,(H,17,20). The summed E-state index contributed by atoms with van der Waals surface area (Å²) in [6, 6.07) is 5.96. The molecule has 0 saturated carbocycles. The number of carbonyl (C=O) groups excluding carboxylic acids is 1. The Kier molecular flexibility index (Phi) is 4.24. The topological polar surface area (TPSA) is 59.0 Å². The van der Waals surface area contributed by atoms with E-state index in [4.69, 9.17) is 11.6 Å². The zero-order valence-corrected chi connectivity index (χ0v) is 11.8. The van der Waals surface area contributed by atoms with E-state index in [1.54, 1.807) is 17.8 Å². The molecular formula is C13H14ClFN4O. The summed E-state index contributed by atoms with van der Waals surface area (Å²) in [5.74, 6) is -0.105. The fraction of sp³-hybridized carbons (Fsp3) is 0.231. The minimum Gasteiger partial charge on any atom is -0.376 e. The van der Waals surface area contributed by atoms with Gasteiger partial charge in [-0.3, -0.25) is 9.48 Å². The highest BCUT2D eigenvalue weighted by molar-refractivity contribution is 6.31. The number of anilines is 2. The van der Waals surface area contributed by atoms with Crippen molar-refractivity contribution in [3.8, 4) is 0 Å². The summed E-state index contributed by atoms with van der Waals surface area (Å²) in [5, 5.41) is 9.72. The highest BCUT2D eigenvalue weighted by Gasteiger charge is 2.07. The molecule has 7 heteroatoms. The van der Waals surface area contributed by atoms with E-state index < -0.39 is 5.82 Å². The van der Waals surface area contributed by atoms with Crippen LogP contribution in [0, 0.1) is 12.7 Å². The highest BCUT2D eigenvalue weighted by atomic mass is 35.5. The van der Waals surface area contributed by atoms with Gasteiger partial charge in [-0.2, -0.15) is 5.10 Å². The van der Waals surface area contributed by atoms with Crippen LogP contribution in [-0.2, 0) is 11.8 Å². The van der Waals surface area contributed by atoms with Crippen molar-refractivity contribution in [1.82, 2.24) is 9.78 Å². The molecule has 2 rings (SSSR count). The number of rotatable bonds is 4. The molecule has 20 heavy (non-hydrogen) atoms. The molecule has 106 valence electrons. The molecule has 0 atom stereocenters. The molecule has 2 aromatic rings. The Labute approximate surface area is 120 Å². The Morgan fingerprint density at radius 1 is 1.45 bits per heavy atom. The molecule has 0 bridgehead atoms. The van der Waals surface area contributed by atoms with E-state index in [0.29, 0.717) is 11.5 Å². The SMILES string of the molecule is Cc1cc(NC(=O)CNc2ccc(F)c(Cl)c2)n(C)n1. The number of carbonyl (C=O) groups is 1. The fourth-order valence-corrected chi connectivity index (χ4v) is 1.88. The van der Waals surface area contributed by atoms with Gasteiger partial charge >= 0.3 is 0 Å². The summed E-state index contributed by atoms with van der Waals surface area (Å²) in [4.78, 5) is 11.8. The lowest BCUT2D eigenvalue weighted by Gasteiger charge is -2.08. The lowest BCUT2D eigenvalue weighted by molar-refractivity contribution is -0.114. The summed E-state index contributed by atoms with van der Waals surface area (Å²) >= 11 is 5.66. The molecule has 0 radical (unpaired) electrons. The van der Waals surface area contributed by atoms with Crippen molar-refractivity contribution in [3.05, 3.63) is 40.8 Å². The normalized spacial score (nSPS) is 10.4. The molecule has 2 N–H and O–H groups in total. The highest BCUT2D eigenvalue weighted by Crippen LogP contribution is 2.19. The number of hydrogen-bond acceptors (Lipinski definition) is 3. The van der Waals surface area contributed by atoms with Crippen LogP contribution in [0.3, 0.4) is 0 Å². The number of benzene rings is 1. The molecule has 0 aliphatic rings. The van der Waals surface area contributed by atoms with Crippen LogP contribution in [0.2, 0.25) is 5.02 Å². The van der Waals surface area contributed by atoms with Crippen LogP contribution in [0.15, 0.2) is 24.3 Å². The first-order valence-electron chi connectivity index (χ1n) is 5.95. The van der Waals surface area contributed by atoms with Gasteiger partial charge in [-0.1, -0.05) is 11.6 Å². The van der Waals surface area contributed by atoms with E-state index in [9.17, 15) is 9.18 Å². The van der Waals surface area contributed by atoms with Gasteiger partial charge < -0.3 is 10.6 Å². The summed E-state index contributed by atoms with van der Waals surface area (Å²) < 4.78 is 14.6. The number of nitrogens with one attached hydrogen (secondary N) is 2. The van der Waals surface area contributed by atoms with Gasteiger partial charge in [0.05, 0.1) is 17.3 Å². The lowest BCUT2D eigenvalue weighted by Crippen LogP contribution is -2.23. The summed E-state index contributed by atoms with van der Waals surface area (Å²) in [6.07, 6.45) is 0. The first-order valence-corrected chi connectivity index (χ1v) is 6.33. The minimum atomic E-state index is -0.493. The number of nitrogens with zero attached hydrogens (tertiary/aromatic N) is 2. The average molecular weight is 297 g/mol. The fourth-order valence-electron chi connectivity index (χ4n) is 1.70. The molecule has 1 aromatic heterocycles. The van der Waals surface area contributed by atoms with Crippen LogP contribution in [0.5, 0.6) is 0 Å². The molecule has 1 amide bonds. The van der Waals surface area contributed by atoms with E-state index in [0.717, 1.165) is 5.69 Å². The largest absolute Gasteiger partial charge is 0.376 e. The molecule has 1 heterocycles. The first kappa shape index (κ1) is 14.3. The second-order valence-corrected chi connectivity index (χ2v) is 4.73. The summed E-state index contributed by atoms with van der Waals surface area (Å²) in [5.41, 5.74) is 1.40. The van der Waals surface area contributed by atoms with Crippen molar-refractivity contribution in [1.29, 1.82) is 0 Å². The van der Waals surface area contributed by atoms with Crippen molar-refractivity contribution in [2.45, 2.75) is 6.92 Å². The average Bonchev–Trinajstić information content (AvgIpc) is 2.69. The monoisotopic (exact) mass is 296 g/mol. The molecule has 0 spiro atoms. The molecular weight excluding hydrogens is 283 g/mol. The van der Waals surface area contributed by atoms with Crippen molar-refractivity contribution < 1.29 is 9.18 Å². The second kappa shape index (κ2) is 5.92. The Bertz CT molecular complexity index is 641. The predicted octanol–water partition coefficient (Wildman–Crippen LogP) is 2.57. The minimum absolute atomic E-state index is 0.0117. The third-order valence-electron chi connectivity index (χ3n) is 2.64. The van der Waals surface area contributed by atoms with Crippen molar-refractivity contribution in [2.75, 3.05) is 17.2 Å². The molecule has 0 aliphatic heterocycles. The van der Waals surface area contributed by atoms with Gasteiger partial charge in [0, 0.05) is 18.8 Å². The number of amides is 1. The predicted molar refractivity (Wildman–Crippen MR) is 76.5 cm³/mol. The van der Waals surface area contributed by atoms with Crippen LogP contribution < -0.4 is 10.6 Å². The van der Waals surface area contributed by atoms with Gasteiger partial charge in [0.15, 0.2) is 0 Å².